The van der Waals surface area contributed by atoms with Crippen molar-refractivity contribution in [3.8, 4) is 52.8 Å². The highest BCUT2D eigenvalue weighted by Crippen LogP contribution is 2.16. The Morgan fingerprint density at radius 3 is 0.937 bits per heavy atom. The van der Waals surface area contributed by atoms with Crippen molar-refractivity contribution in [3.05, 3.63) is 124 Å². The molecule has 0 unspecified atom stereocenters. The zero-order valence-corrected chi connectivity index (χ0v) is 37.7. The molecule has 4 aromatic carbocycles. The van der Waals surface area contributed by atoms with Gasteiger partial charge in [0.15, 0.2) is 0 Å². The van der Waals surface area contributed by atoms with Gasteiger partial charge in [0.2, 0.25) is 0 Å². The van der Waals surface area contributed by atoms with Gasteiger partial charge in [-0.3, -0.25) is 0 Å². The monoisotopic (exact) mass is 858 g/mol. The molecule has 0 heterocycles. The SMILES string of the molecule is CCCCCCCCCCOc1ccc(C#Cc2cc(C#Cc3ccc(OCCOCCOCCOC)cc3)cc(C#Cc3ccc(OCCOCCOCCOC)cc3)c2)cc1. The van der Waals surface area contributed by atoms with E-state index in [1.165, 1.54) is 44.9 Å². The van der Waals surface area contributed by atoms with E-state index in [0.717, 1.165) is 63.7 Å². The Kier molecular flexibility index (Phi) is 26.6. The topological polar surface area (TPSA) is 83.1 Å². The number of hydrogen-bond acceptors (Lipinski definition) is 9. The van der Waals surface area contributed by atoms with Crippen molar-refractivity contribution in [1.29, 1.82) is 0 Å². The minimum atomic E-state index is 0.443. The third-order valence-corrected chi connectivity index (χ3v) is 9.42. The van der Waals surface area contributed by atoms with Gasteiger partial charge in [-0.1, -0.05) is 87.4 Å². The van der Waals surface area contributed by atoms with Crippen LogP contribution in [0.2, 0.25) is 0 Å². The summed E-state index contributed by atoms with van der Waals surface area (Å²) < 4.78 is 49.6. The zero-order chi connectivity index (χ0) is 44.3. The summed E-state index contributed by atoms with van der Waals surface area (Å²) in [6.07, 6.45) is 10.2. The Hall–Kier alpha value is -5.28. The lowest BCUT2D eigenvalue weighted by atomic mass is 10.0. The highest BCUT2D eigenvalue weighted by molar-refractivity contribution is 5.55. The predicted octanol–water partition coefficient (Wildman–Crippen LogP) is 9.52. The Balaban J connectivity index is 1.36. The van der Waals surface area contributed by atoms with Gasteiger partial charge in [-0.05, 0) is 97.4 Å². The fourth-order valence-electron chi connectivity index (χ4n) is 5.97. The number of ether oxygens (including phenoxy) is 9. The number of unbranched alkanes of at least 4 members (excludes halogenated alkanes) is 7. The van der Waals surface area contributed by atoms with Crippen LogP contribution < -0.4 is 14.2 Å². The van der Waals surface area contributed by atoms with Gasteiger partial charge in [0.25, 0.3) is 0 Å². The molecule has 0 aliphatic heterocycles. The van der Waals surface area contributed by atoms with Gasteiger partial charge < -0.3 is 42.6 Å². The summed E-state index contributed by atoms with van der Waals surface area (Å²) in [6, 6.07) is 29.4. The maximum Gasteiger partial charge on any atom is 0.119 e. The normalized spacial score (nSPS) is 10.5. The molecule has 0 atom stereocenters. The van der Waals surface area contributed by atoms with Crippen molar-refractivity contribution >= 4 is 0 Å². The molecular formula is C54H66O9. The maximum absolute atomic E-state index is 6.01. The fraction of sp³-hybridized carbons (Fsp3) is 0.444. The lowest BCUT2D eigenvalue weighted by molar-refractivity contribution is 0.0180. The van der Waals surface area contributed by atoms with E-state index in [1.807, 2.05) is 91.0 Å². The highest BCUT2D eigenvalue weighted by atomic mass is 16.6. The first-order chi connectivity index (χ1) is 31.1. The maximum atomic E-state index is 6.01. The van der Waals surface area contributed by atoms with Crippen LogP contribution in [0.5, 0.6) is 17.2 Å². The first-order valence-electron chi connectivity index (χ1n) is 22.3. The van der Waals surface area contributed by atoms with Crippen LogP contribution in [0.15, 0.2) is 91.0 Å². The van der Waals surface area contributed by atoms with Crippen molar-refractivity contribution in [1.82, 2.24) is 0 Å². The number of benzene rings is 4. The van der Waals surface area contributed by atoms with Crippen LogP contribution >= 0.6 is 0 Å². The number of rotatable bonds is 30. The molecule has 336 valence electrons. The second-order valence-electron chi connectivity index (χ2n) is 14.6. The molecule has 4 rings (SSSR count). The van der Waals surface area contributed by atoms with Crippen LogP contribution in [0.25, 0.3) is 0 Å². The molecule has 0 saturated carbocycles. The Bertz CT molecular complexity index is 1750. The summed E-state index contributed by atoms with van der Waals surface area (Å²) in [5.74, 6) is 22.2. The van der Waals surface area contributed by atoms with Gasteiger partial charge in [0.1, 0.15) is 30.5 Å². The van der Waals surface area contributed by atoms with Crippen LogP contribution in [0.3, 0.4) is 0 Å². The van der Waals surface area contributed by atoms with Gasteiger partial charge in [0.05, 0.1) is 72.7 Å². The largest absolute Gasteiger partial charge is 0.494 e. The van der Waals surface area contributed by atoms with E-state index in [9.17, 15) is 0 Å². The van der Waals surface area contributed by atoms with E-state index >= 15 is 0 Å². The Morgan fingerprint density at radius 2 is 0.587 bits per heavy atom. The highest BCUT2D eigenvalue weighted by Gasteiger charge is 2.01. The lowest BCUT2D eigenvalue weighted by Gasteiger charge is -2.07. The van der Waals surface area contributed by atoms with Crippen LogP contribution in [-0.4, -0.2) is 100 Å². The smallest absolute Gasteiger partial charge is 0.119 e. The van der Waals surface area contributed by atoms with Crippen LogP contribution in [0.1, 0.15) is 91.7 Å². The van der Waals surface area contributed by atoms with Gasteiger partial charge in [0, 0.05) is 47.6 Å². The van der Waals surface area contributed by atoms with Crippen molar-refractivity contribution in [2.75, 3.05) is 100 Å². The number of methoxy groups -OCH3 is 2. The predicted molar refractivity (Wildman–Crippen MR) is 250 cm³/mol. The minimum absolute atomic E-state index is 0.443. The summed E-state index contributed by atoms with van der Waals surface area (Å²) >= 11 is 0. The average Bonchev–Trinajstić information content (AvgIpc) is 3.31. The second kappa shape index (κ2) is 33.3. The molecule has 0 N–H and O–H groups in total. The van der Waals surface area contributed by atoms with Crippen LogP contribution in [0, 0.1) is 35.5 Å². The van der Waals surface area contributed by atoms with Crippen LogP contribution in [0.4, 0.5) is 0 Å². The van der Waals surface area contributed by atoms with Gasteiger partial charge in [-0.25, -0.2) is 0 Å². The quantitative estimate of drug-likeness (QED) is 0.0376. The van der Waals surface area contributed by atoms with E-state index in [4.69, 9.17) is 42.6 Å². The fourth-order valence-corrected chi connectivity index (χ4v) is 5.97. The number of hydrogen-bond donors (Lipinski definition) is 0. The molecule has 0 amide bonds. The molecule has 0 radical (unpaired) electrons. The van der Waals surface area contributed by atoms with Crippen LogP contribution in [-0.2, 0) is 28.4 Å². The molecule has 0 spiro atoms. The standard InChI is InChI=1S/C54H66O9/c1-4-5-6-7-8-9-10-11-30-61-52-24-18-46(19-25-52)12-15-49-43-50(16-13-47-20-26-53(27-21-47)62-41-39-59-37-35-57-33-31-55-2)45-51(44-49)17-14-48-22-28-54(29-23-48)63-42-40-60-38-36-58-34-32-56-3/h18-29,43-45H,4-11,30-42H2,1-3H3. The van der Waals surface area contributed by atoms with E-state index < -0.39 is 0 Å². The molecule has 4 aromatic rings. The lowest BCUT2D eigenvalue weighted by Crippen LogP contribution is -2.12. The van der Waals surface area contributed by atoms with Crippen molar-refractivity contribution < 1.29 is 42.6 Å². The Morgan fingerprint density at radius 1 is 0.302 bits per heavy atom. The zero-order valence-electron chi connectivity index (χ0n) is 37.7. The van der Waals surface area contributed by atoms with E-state index in [0.29, 0.717) is 79.3 Å². The van der Waals surface area contributed by atoms with Crippen molar-refractivity contribution in [2.24, 2.45) is 0 Å². The van der Waals surface area contributed by atoms with Gasteiger partial charge in [-0.2, -0.15) is 0 Å². The summed E-state index contributed by atoms with van der Waals surface area (Å²) in [4.78, 5) is 0. The molecule has 0 fully saturated rings. The van der Waals surface area contributed by atoms with E-state index in [1.54, 1.807) is 14.2 Å². The molecule has 0 aromatic heterocycles. The molecule has 9 heteroatoms. The third kappa shape index (κ3) is 23.7. The summed E-state index contributed by atoms with van der Waals surface area (Å²) in [5.41, 5.74) is 5.07. The van der Waals surface area contributed by atoms with E-state index in [-0.39, 0.29) is 0 Å². The third-order valence-electron chi connectivity index (χ3n) is 9.42. The summed E-state index contributed by atoms with van der Waals surface area (Å²) in [6.45, 7) is 9.17. The van der Waals surface area contributed by atoms with E-state index in [2.05, 4.69) is 42.4 Å². The van der Waals surface area contributed by atoms with Gasteiger partial charge >= 0.3 is 0 Å². The molecule has 0 aliphatic carbocycles. The second-order valence-corrected chi connectivity index (χ2v) is 14.6. The Labute approximate surface area is 377 Å². The molecule has 0 aliphatic rings. The average molecular weight is 859 g/mol. The molecular weight excluding hydrogens is 793 g/mol. The molecule has 0 bridgehead atoms. The van der Waals surface area contributed by atoms with Gasteiger partial charge in [-0.15, -0.1) is 0 Å². The molecule has 9 nitrogen and oxygen atoms in total. The molecule has 0 saturated heterocycles. The minimum Gasteiger partial charge on any atom is -0.494 e. The molecule has 63 heavy (non-hydrogen) atoms. The first kappa shape index (κ1) is 50.4. The van der Waals surface area contributed by atoms with Crippen molar-refractivity contribution in [2.45, 2.75) is 58.3 Å². The summed E-state index contributed by atoms with van der Waals surface area (Å²) in [7, 11) is 3.30. The first-order valence-corrected chi connectivity index (χ1v) is 22.3. The van der Waals surface area contributed by atoms with Crippen molar-refractivity contribution in [3.63, 3.8) is 0 Å². The summed E-state index contributed by atoms with van der Waals surface area (Å²) in [5, 5.41) is 0.